The van der Waals surface area contributed by atoms with Crippen LogP contribution in [0.4, 0.5) is 0 Å². The third kappa shape index (κ3) is 3.67. The molecule has 2 aliphatic heterocycles. The van der Waals surface area contributed by atoms with Crippen LogP contribution in [-0.2, 0) is 19.1 Å². The molecule has 2 saturated heterocycles. The van der Waals surface area contributed by atoms with Gasteiger partial charge >= 0.3 is 5.97 Å². The van der Waals surface area contributed by atoms with Gasteiger partial charge in [0.2, 0.25) is 5.91 Å². The second-order valence-corrected chi connectivity index (χ2v) is 4.42. The molecule has 0 saturated carbocycles. The van der Waals surface area contributed by atoms with Gasteiger partial charge in [0.25, 0.3) is 0 Å². The van der Waals surface area contributed by atoms with Crippen molar-refractivity contribution in [1.82, 2.24) is 10.6 Å². The van der Waals surface area contributed by atoms with E-state index in [0.717, 1.165) is 26.1 Å². The van der Waals surface area contributed by atoms with Gasteiger partial charge in [-0.15, -0.1) is 0 Å². The van der Waals surface area contributed by atoms with E-state index in [-0.39, 0.29) is 18.4 Å². The van der Waals surface area contributed by atoms with Crippen LogP contribution >= 0.6 is 0 Å². The van der Waals surface area contributed by atoms with Crippen LogP contribution in [0.3, 0.4) is 0 Å². The first kappa shape index (κ1) is 12.3. The van der Waals surface area contributed by atoms with Gasteiger partial charge in [0.05, 0.1) is 13.2 Å². The number of nitrogens with one attached hydrogen (secondary N) is 2. The average molecular weight is 242 g/mol. The minimum absolute atomic E-state index is 0.0847. The van der Waals surface area contributed by atoms with E-state index in [1.54, 1.807) is 0 Å². The lowest BCUT2D eigenvalue weighted by molar-refractivity contribution is -0.149. The highest BCUT2D eigenvalue weighted by molar-refractivity contribution is 5.83. The molecule has 0 aliphatic carbocycles. The first-order valence-corrected chi connectivity index (χ1v) is 6.00. The van der Waals surface area contributed by atoms with Crippen molar-refractivity contribution >= 4 is 11.9 Å². The number of esters is 1. The Morgan fingerprint density at radius 1 is 1.41 bits per heavy atom. The Balaban J connectivity index is 1.67. The van der Waals surface area contributed by atoms with Gasteiger partial charge in [-0.25, -0.2) is 0 Å². The van der Waals surface area contributed by atoms with Crippen LogP contribution in [0.1, 0.15) is 12.8 Å². The van der Waals surface area contributed by atoms with E-state index in [2.05, 4.69) is 10.6 Å². The predicted molar refractivity (Wildman–Crippen MR) is 59.3 cm³/mol. The van der Waals surface area contributed by atoms with Crippen LogP contribution in [0.25, 0.3) is 0 Å². The zero-order valence-electron chi connectivity index (χ0n) is 9.74. The highest BCUT2D eigenvalue weighted by Crippen LogP contribution is 2.14. The molecule has 0 aromatic rings. The molecule has 17 heavy (non-hydrogen) atoms. The summed E-state index contributed by atoms with van der Waals surface area (Å²) in [5.74, 6) is 0.0425. The number of carbonyl (C=O) groups is 2. The first-order chi connectivity index (χ1) is 8.25. The van der Waals surface area contributed by atoms with Gasteiger partial charge in [0.15, 0.2) is 0 Å². The van der Waals surface area contributed by atoms with Crippen LogP contribution in [0.15, 0.2) is 0 Å². The topological polar surface area (TPSA) is 76.7 Å². The van der Waals surface area contributed by atoms with Crippen molar-refractivity contribution in [2.24, 2.45) is 5.92 Å². The molecule has 0 spiro atoms. The molecule has 0 aromatic heterocycles. The molecule has 6 nitrogen and oxygen atoms in total. The average Bonchev–Trinajstić information content (AvgIpc) is 2.38. The number of ether oxygens (including phenoxy) is 2. The maximum atomic E-state index is 11.7. The maximum absolute atomic E-state index is 11.7. The van der Waals surface area contributed by atoms with Crippen LogP contribution in [-0.4, -0.2) is 50.8 Å². The molecule has 2 heterocycles. The minimum Gasteiger partial charge on any atom is -0.464 e. The Kier molecular flexibility index (Phi) is 4.33. The van der Waals surface area contributed by atoms with Crippen molar-refractivity contribution in [3.8, 4) is 0 Å². The molecule has 0 aromatic carbocycles. The van der Waals surface area contributed by atoms with E-state index in [1.807, 2.05) is 0 Å². The maximum Gasteiger partial charge on any atom is 0.324 e. The lowest BCUT2D eigenvalue weighted by Gasteiger charge is -2.25. The summed E-state index contributed by atoms with van der Waals surface area (Å²) in [5, 5.41) is 5.47. The van der Waals surface area contributed by atoms with Gasteiger partial charge in [0, 0.05) is 19.8 Å². The van der Waals surface area contributed by atoms with E-state index in [1.165, 1.54) is 0 Å². The van der Waals surface area contributed by atoms with Crippen molar-refractivity contribution in [3.05, 3.63) is 0 Å². The molecule has 6 heteroatoms. The predicted octanol–water partition coefficient (Wildman–Crippen LogP) is -0.956. The summed E-state index contributed by atoms with van der Waals surface area (Å²) in [4.78, 5) is 22.6. The van der Waals surface area contributed by atoms with E-state index in [9.17, 15) is 9.59 Å². The summed E-state index contributed by atoms with van der Waals surface area (Å²) in [6, 6.07) is -0.410. The van der Waals surface area contributed by atoms with Crippen LogP contribution < -0.4 is 10.6 Å². The summed E-state index contributed by atoms with van der Waals surface area (Å²) >= 11 is 0. The van der Waals surface area contributed by atoms with Gasteiger partial charge in [-0.2, -0.15) is 0 Å². The molecule has 2 aliphatic rings. The number of hydrogen-bond acceptors (Lipinski definition) is 5. The number of carbonyl (C=O) groups excluding carboxylic acids is 2. The molecule has 96 valence electrons. The Labute approximate surface area is 100 Å². The zero-order chi connectivity index (χ0) is 12.1. The van der Waals surface area contributed by atoms with Crippen molar-refractivity contribution in [1.29, 1.82) is 0 Å². The van der Waals surface area contributed by atoms with E-state index in [0.29, 0.717) is 19.1 Å². The van der Waals surface area contributed by atoms with Gasteiger partial charge in [0.1, 0.15) is 6.04 Å². The van der Waals surface area contributed by atoms with Gasteiger partial charge in [-0.1, -0.05) is 0 Å². The SMILES string of the molecule is O=C1CNC(C(=O)OCC2CCOCC2)CN1. The summed E-state index contributed by atoms with van der Waals surface area (Å²) in [5.41, 5.74) is 0. The number of piperazine rings is 1. The first-order valence-electron chi connectivity index (χ1n) is 6.00. The van der Waals surface area contributed by atoms with Crippen molar-refractivity contribution in [3.63, 3.8) is 0 Å². The molecule has 2 fully saturated rings. The highest BCUT2D eigenvalue weighted by Gasteiger charge is 2.26. The fourth-order valence-corrected chi connectivity index (χ4v) is 1.95. The summed E-state index contributed by atoms with van der Waals surface area (Å²) in [6.45, 7) is 2.44. The molecule has 2 rings (SSSR count). The fraction of sp³-hybridized carbons (Fsp3) is 0.818. The van der Waals surface area contributed by atoms with Crippen molar-refractivity contribution in [2.75, 3.05) is 32.9 Å². The number of amides is 1. The molecular weight excluding hydrogens is 224 g/mol. The van der Waals surface area contributed by atoms with E-state index < -0.39 is 6.04 Å². The molecule has 1 atom stereocenters. The summed E-state index contributed by atoms with van der Waals surface area (Å²) in [7, 11) is 0. The normalized spacial score (nSPS) is 26.4. The quantitative estimate of drug-likeness (QED) is 0.624. The van der Waals surface area contributed by atoms with Crippen molar-refractivity contribution in [2.45, 2.75) is 18.9 Å². The highest BCUT2D eigenvalue weighted by atomic mass is 16.5. The third-order valence-corrected chi connectivity index (χ3v) is 3.10. The third-order valence-electron chi connectivity index (χ3n) is 3.10. The lowest BCUT2D eigenvalue weighted by Crippen LogP contribution is -2.55. The summed E-state index contributed by atoms with van der Waals surface area (Å²) in [6.07, 6.45) is 1.89. The molecule has 1 unspecified atom stereocenters. The molecule has 0 radical (unpaired) electrons. The number of hydrogen-bond donors (Lipinski definition) is 2. The Morgan fingerprint density at radius 2 is 2.18 bits per heavy atom. The molecule has 0 bridgehead atoms. The lowest BCUT2D eigenvalue weighted by atomic mass is 10.0. The van der Waals surface area contributed by atoms with Crippen molar-refractivity contribution < 1.29 is 19.1 Å². The standard InChI is InChI=1S/C11H18N2O4/c14-10-6-12-9(5-13-10)11(15)17-7-8-1-3-16-4-2-8/h8-9,12H,1-7H2,(H,13,14). The van der Waals surface area contributed by atoms with E-state index in [4.69, 9.17) is 9.47 Å². The Bertz CT molecular complexity index is 279. The molecule has 1 amide bonds. The van der Waals surface area contributed by atoms with Gasteiger partial charge in [-0.3, -0.25) is 14.9 Å². The Morgan fingerprint density at radius 3 is 2.82 bits per heavy atom. The van der Waals surface area contributed by atoms with E-state index >= 15 is 0 Å². The van der Waals surface area contributed by atoms with Crippen LogP contribution in [0.2, 0.25) is 0 Å². The van der Waals surface area contributed by atoms with Crippen LogP contribution in [0.5, 0.6) is 0 Å². The summed E-state index contributed by atoms with van der Waals surface area (Å²) < 4.78 is 10.5. The number of rotatable bonds is 3. The van der Waals surface area contributed by atoms with Gasteiger partial charge in [-0.05, 0) is 18.8 Å². The Hall–Kier alpha value is -1.14. The monoisotopic (exact) mass is 242 g/mol. The fourth-order valence-electron chi connectivity index (χ4n) is 1.95. The second-order valence-electron chi connectivity index (χ2n) is 4.42. The van der Waals surface area contributed by atoms with Gasteiger partial charge < -0.3 is 14.8 Å². The molecule has 2 N–H and O–H groups in total. The largest absolute Gasteiger partial charge is 0.464 e. The smallest absolute Gasteiger partial charge is 0.324 e. The zero-order valence-corrected chi connectivity index (χ0v) is 9.74. The molecular formula is C11H18N2O4. The van der Waals surface area contributed by atoms with Crippen LogP contribution in [0, 0.1) is 5.92 Å². The minimum atomic E-state index is -0.410. The second kappa shape index (κ2) is 5.97.